The monoisotopic (exact) mass is 503 g/mol. The Labute approximate surface area is 204 Å². The van der Waals surface area contributed by atoms with Crippen LogP contribution in [0.5, 0.6) is 0 Å². The lowest BCUT2D eigenvalue weighted by molar-refractivity contribution is -0.150. The van der Waals surface area contributed by atoms with E-state index in [1.165, 1.54) is 24.0 Å². The molecule has 0 aliphatic carbocycles. The topological polar surface area (TPSA) is 98.2 Å². The molecule has 2 heterocycles. The Morgan fingerprint density at radius 1 is 1.14 bits per heavy atom. The number of carbonyl (C=O) groups is 4. The molecule has 2 aromatic rings. The quantitative estimate of drug-likeness (QED) is 0.638. The molecule has 36 heavy (non-hydrogen) atoms. The highest BCUT2D eigenvalue weighted by Gasteiger charge is 2.46. The highest BCUT2D eigenvalue weighted by atomic mass is 19.4. The Morgan fingerprint density at radius 2 is 1.81 bits per heavy atom. The first kappa shape index (κ1) is 25.2. The highest BCUT2D eigenvalue weighted by molar-refractivity contribution is 6.13. The fraction of sp³-hybridized carbons (Fsp3) is 0.360. The van der Waals surface area contributed by atoms with Crippen molar-refractivity contribution >= 4 is 35.2 Å². The number of likely N-dealkylation sites (N-methyl/N-ethyl adjacent to an activating group) is 1. The number of imide groups is 1. The van der Waals surface area contributed by atoms with Crippen molar-refractivity contribution in [1.29, 1.82) is 0 Å². The first-order valence-electron chi connectivity index (χ1n) is 11.1. The second-order valence-corrected chi connectivity index (χ2v) is 9.49. The summed E-state index contributed by atoms with van der Waals surface area (Å²) < 4.78 is 40.1. The van der Waals surface area contributed by atoms with Crippen LogP contribution in [0.3, 0.4) is 0 Å². The molecule has 4 amide bonds. The van der Waals surface area contributed by atoms with E-state index >= 15 is 0 Å². The molecule has 190 valence electrons. The predicted octanol–water partition coefficient (Wildman–Crippen LogP) is 3.94. The first-order chi connectivity index (χ1) is 16.7. The van der Waals surface area contributed by atoms with Crippen molar-refractivity contribution in [2.75, 3.05) is 23.4 Å². The number of carbonyl (C=O) groups excluding carboxylic acids is 3. The fourth-order valence-corrected chi connectivity index (χ4v) is 4.78. The number of halogens is 3. The highest BCUT2D eigenvalue weighted by Crippen LogP contribution is 2.43. The van der Waals surface area contributed by atoms with Crippen molar-refractivity contribution < 1.29 is 37.5 Å². The molecular formula is C25H24F3N3O5. The Morgan fingerprint density at radius 3 is 2.42 bits per heavy atom. The third kappa shape index (κ3) is 3.88. The lowest BCUT2D eigenvalue weighted by Gasteiger charge is -2.37. The number of benzene rings is 2. The van der Waals surface area contributed by atoms with Crippen LogP contribution in [0.1, 0.15) is 36.1 Å². The first-order valence-corrected chi connectivity index (χ1v) is 11.1. The normalized spacial score (nSPS) is 19.7. The van der Waals surface area contributed by atoms with Gasteiger partial charge in [-0.3, -0.25) is 24.2 Å². The lowest BCUT2D eigenvalue weighted by atomic mass is 9.86. The van der Waals surface area contributed by atoms with Crippen molar-refractivity contribution in [2.24, 2.45) is 5.92 Å². The van der Waals surface area contributed by atoms with Crippen LogP contribution in [-0.2, 0) is 32.5 Å². The van der Waals surface area contributed by atoms with Crippen LogP contribution < -0.4 is 9.80 Å². The third-order valence-electron chi connectivity index (χ3n) is 6.94. The average Bonchev–Trinajstić information content (AvgIpc) is 2.96. The standard InChI is InChI=1S/C25H24F3N3O5/c1-13-14(6-5-7-17(13)25(26,27)28)11-31-20(32)16(21(33)34)12-30(23(31)36)15-8-9-18-19(10-15)29(4)22(35)24(18,2)3/h5-10,16H,11-12H2,1-4H3,(H,33,34). The van der Waals surface area contributed by atoms with Crippen molar-refractivity contribution in [3.63, 3.8) is 0 Å². The summed E-state index contributed by atoms with van der Waals surface area (Å²) in [5.41, 5.74) is -0.253. The van der Waals surface area contributed by atoms with E-state index in [0.717, 1.165) is 16.5 Å². The summed E-state index contributed by atoms with van der Waals surface area (Å²) in [5.74, 6) is -4.23. The van der Waals surface area contributed by atoms with Gasteiger partial charge in [-0.25, -0.2) is 4.79 Å². The molecule has 8 nitrogen and oxygen atoms in total. The molecule has 0 aromatic heterocycles. The van der Waals surface area contributed by atoms with E-state index in [1.54, 1.807) is 39.1 Å². The van der Waals surface area contributed by atoms with Crippen LogP contribution >= 0.6 is 0 Å². The minimum atomic E-state index is -4.63. The van der Waals surface area contributed by atoms with Gasteiger partial charge in [0, 0.05) is 25.0 Å². The molecule has 4 rings (SSSR count). The molecule has 1 N–H and O–H groups in total. The van der Waals surface area contributed by atoms with Crippen molar-refractivity contribution in [1.82, 2.24) is 4.90 Å². The predicted molar refractivity (Wildman–Crippen MR) is 123 cm³/mol. The van der Waals surface area contributed by atoms with Gasteiger partial charge in [0.05, 0.1) is 17.5 Å². The largest absolute Gasteiger partial charge is 0.481 e. The van der Waals surface area contributed by atoms with Gasteiger partial charge in [-0.1, -0.05) is 18.2 Å². The second kappa shape index (κ2) is 8.35. The summed E-state index contributed by atoms with van der Waals surface area (Å²) >= 11 is 0. The summed E-state index contributed by atoms with van der Waals surface area (Å²) in [7, 11) is 1.59. The van der Waals surface area contributed by atoms with E-state index < -0.39 is 54.1 Å². The zero-order chi connectivity index (χ0) is 26.7. The summed E-state index contributed by atoms with van der Waals surface area (Å²) in [5, 5.41) is 9.66. The number of rotatable bonds is 4. The van der Waals surface area contributed by atoms with E-state index in [4.69, 9.17) is 0 Å². The fourth-order valence-electron chi connectivity index (χ4n) is 4.78. The number of urea groups is 1. The van der Waals surface area contributed by atoms with E-state index in [2.05, 4.69) is 0 Å². The molecule has 0 saturated carbocycles. The number of alkyl halides is 3. The molecule has 11 heteroatoms. The molecule has 0 radical (unpaired) electrons. The number of hydrogen-bond donors (Lipinski definition) is 1. The molecule has 1 atom stereocenters. The maximum Gasteiger partial charge on any atom is 0.416 e. The summed E-state index contributed by atoms with van der Waals surface area (Å²) in [4.78, 5) is 54.1. The van der Waals surface area contributed by atoms with E-state index in [-0.39, 0.29) is 22.7 Å². The number of carboxylic acid groups (broad SMARTS) is 1. The van der Waals surface area contributed by atoms with Gasteiger partial charge < -0.3 is 10.0 Å². The van der Waals surface area contributed by atoms with Gasteiger partial charge in [-0.05, 0) is 55.7 Å². The van der Waals surface area contributed by atoms with Gasteiger partial charge in [-0.15, -0.1) is 0 Å². The average molecular weight is 503 g/mol. The van der Waals surface area contributed by atoms with Crippen LogP contribution in [-0.4, -0.2) is 47.4 Å². The Balaban J connectivity index is 1.74. The van der Waals surface area contributed by atoms with Crippen LogP contribution in [0.2, 0.25) is 0 Å². The second-order valence-electron chi connectivity index (χ2n) is 9.49. The number of amides is 4. The number of anilines is 2. The maximum absolute atomic E-state index is 13.4. The van der Waals surface area contributed by atoms with Gasteiger partial charge in [-0.2, -0.15) is 13.2 Å². The van der Waals surface area contributed by atoms with Crippen LogP contribution in [0.25, 0.3) is 0 Å². The molecule has 1 unspecified atom stereocenters. The van der Waals surface area contributed by atoms with Gasteiger partial charge in [0.2, 0.25) is 11.8 Å². The van der Waals surface area contributed by atoms with Crippen molar-refractivity contribution in [3.05, 3.63) is 58.7 Å². The molecule has 2 aliphatic heterocycles. The molecule has 1 saturated heterocycles. The van der Waals surface area contributed by atoms with Gasteiger partial charge in [0.1, 0.15) is 0 Å². The van der Waals surface area contributed by atoms with Crippen molar-refractivity contribution in [2.45, 2.75) is 38.9 Å². The summed E-state index contributed by atoms with van der Waals surface area (Å²) in [6, 6.07) is 7.38. The summed E-state index contributed by atoms with van der Waals surface area (Å²) in [6.07, 6.45) is -4.63. The van der Waals surface area contributed by atoms with Crippen LogP contribution in [0.15, 0.2) is 36.4 Å². The molecule has 0 bridgehead atoms. The molecule has 2 aromatic carbocycles. The number of hydrogen-bond acceptors (Lipinski definition) is 4. The van der Waals surface area contributed by atoms with E-state index in [0.29, 0.717) is 10.6 Å². The minimum Gasteiger partial charge on any atom is -0.481 e. The molecule has 1 fully saturated rings. The minimum absolute atomic E-state index is 0.0681. The number of fused-ring (bicyclic) bond motifs is 1. The smallest absolute Gasteiger partial charge is 0.416 e. The maximum atomic E-state index is 13.4. The van der Waals surface area contributed by atoms with Gasteiger partial charge >= 0.3 is 18.2 Å². The van der Waals surface area contributed by atoms with E-state index in [9.17, 15) is 37.5 Å². The summed E-state index contributed by atoms with van der Waals surface area (Å²) in [6.45, 7) is 3.79. The Bertz CT molecular complexity index is 1300. The van der Waals surface area contributed by atoms with Crippen LogP contribution in [0.4, 0.5) is 29.3 Å². The molecule has 0 spiro atoms. The van der Waals surface area contributed by atoms with Crippen molar-refractivity contribution in [3.8, 4) is 0 Å². The van der Waals surface area contributed by atoms with Gasteiger partial charge in [0.25, 0.3) is 0 Å². The lowest BCUT2D eigenvalue weighted by Crippen LogP contribution is -2.58. The van der Waals surface area contributed by atoms with Crippen LogP contribution in [0, 0.1) is 12.8 Å². The zero-order valence-corrected chi connectivity index (χ0v) is 20.0. The Kier molecular flexibility index (Phi) is 5.85. The third-order valence-corrected chi connectivity index (χ3v) is 6.94. The van der Waals surface area contributed by atoms with E-state index in [1.807, 2.05) is 0 Å². The SMILES string of the molecule is Cc1c(CN2C(=O)C(C(=O)O)CN(c3ccc4c(c3)N(C)C(=O)C4(C)C)C2=O)cccc1C(F)(F)F. The Hall–Kier alpha value is -3.89. The number of aliphatic carboxylic acids is 1. The van der Waals surface area contributed by atoms with Gasteiger partial charge in [0.15, 0.2) is 5.92 Å². The molecular weight excluding hydrogens is 479 g/mol. The number of carboxylic acids is 1. The zero-order valence-electron chi connectivity index (χ0n) is 20.0. The number of nitrogens with zero attached hydrogens (tertiary/aromatic N) is 3. The molecule has 2 aliphatic rings.